The SMILES string of the molecule is Cc1cc(N2CCC(C(=O)O)CC2)ncc1N. The Balaban J connectivity index is 2.05. The molecule has 0 spiro atoms. The minimum atomic E-state index is -0.689. The molecule has 17 heavy (non-hydrogen) atoms. The molecule has 0 radical (unpaired) electrons. The lowest BCUT2D eigenvalue weighted by Gasteiger charge is -2.31. The average Bonchev–Trinajstić information content (AvgIpc) is 2.33. The van der Waals surface area contributed by atoms with Crippen molar-refractivity contribution in [2.45, 2.75) is 19.8 Å². The van der Waals surface area contributed by atoms with Crippen LogP contribution in [-0.2, 0) is 4.79 Å². The van der Waals surface area contributed by atoms with Crippen LogP contribution < -0.4 is 10.6 Å². The summed E-state index contributed by atoms with van der Waals surface area (Å²) in [5.41, 5.74) is 7.42. The van der Waals surface area contributed by atoms with Crippen LogP contribution in [0.25, 0.3) is 0 Å². The van der Waals surface area contributed by atoms with Crippen molar-refractivity contribution in [2.75, 3.05) is 23.7 Å². The Morgan fingerprint density at radius 1 is 1.53 bits per heavy atom. The summed E-state index contributed by atoms with van der Waals surface area (Å²) in [4.78, 5) is 17.2. The number of rotatable bonds is 2. The smallest absolute Gasteiger partial charge is 0.306 e. The monoisotopic (exact) mass is 235 g/mol. The second kappa shape index (κ2) is 4.61. The van der Waals surface area contributed by atoms with Crippen molar-refractivity contribution in [3.63, 3.8) is 0 Å². The van der Waals surface area contributed by atoms with Crippen LogP contribution in [0, 0.1) is 12.8 Å². The second-order valence-electron chi connectivity index (χ2n) is 4.50. The van der Waals surface area contributed by atoms with E-state index in [0.717, 1.165) is 24.5 Å². The number of hydrogen-bond donors (Lipinski definition) is 2. The topological polar surface area (TPSA) is 79.5 Å². The lowest BCUT2D eigenvalue weighted by Crippen LogP contribution is -2.36. The maximum atomic E-state index is 10.8. The lowest BCUT2D eigenvalue weighted by atomic mass is 9.97. The molecule has 1 aliphatic heterocycles. The van der Waals surface area contributed by atoms with Gasteiger partial charge in [0.2, 0.25) is 0 Å². The van der Waals surface area contributed by atoms with E-state index in [0.29, 0.717) is 18.5 Å². The summed E-state index contributed by atoms with van der Waals surface area (Å²) in [6.07, 6.45) is 3.02. The number of carboxylic acids is 1. The molecule has 0 atom stereocenters. The fourth-order valence-corrected chi connectivity index (χ4v) is 2.08. The van der Waals surface area contributed by atoms with E-state index < -0.39 is 5.97 Å². The molecule has 0 unspecified atom stereocenters. The van der Waals surface area contributed by atoms with E-state index in [2.05, 4.69) is 9.88 Å². The Hall–Kier alpha value is -1.78. The predicted octanol–water partition coefficient (Wildman–Crippen LogP) is 1.27. The molecular formula is C12H17N3O2. The molecule has 0 amide bonds. The third-order valence-corrected chi connectivity index (χ3v) is 3.31. The number of pyridine rings is 1. The van der Waals surface area contributed by atoms with E-state index in [1.165, 1.54) is 0 Å². The molecule has 1 saturated heterocycles. The summed E-state index contributed by atoms with van der Waals surface area (Å²) in [5.74, 6) is -0.00670. The first kappa shape index (κ1) is 11.7. The first-order chi connectivity index (χ1) is 8.08. The zero-order chi connectivity index (χ0) is 12.4. The van der Waals surface area contributed by atoms with Gasteiger partial charge in [-0.05, 0) is 31.4 Å². The minimum Gasteiger partial charge on any atom is -0.481 e. The largest absolute Gasteiger partial charge is 0.481 e. The van der Waals surface area contributed by atoms with Crippen molar-refractivity contribution < 1.29 is 9.90 Å². The molecule has 1 aliphatic rings. The number of nitrogens with two attached hydrogens (primary N) is 1. The van der Waals surface area contributed by atoms with Crippen LogP contribution >= 0.6 is 0 Å². The number of nitrogen functional groups attached to an aromatic ring is 1. The maximum Gasteiger partial charge on any atom is 0.306 e. The van der Waals surface area contributed by atoms with Gasteiger partial charge in [0.15, 0.2) is 0 Å². The van der Waals surface area contributed by atoms with E-state index in [9.17, 15) is 4.79 Å². The summed E-state index contributed by atoms with van der Waals surface area (Å²) in [6.45, 7) is 3.44. The Morgan fingerprint density at radius 2 is 2.18 bits per heavy atom. The molecule has 5 nitrogen and oxygen atoms in total. The van der Waals surface area contributed by atoms with Gasteiger partial charge in [-0.15, -0.1) is 0 Å². The normalized spacial score (nSPS) is 17.1. The summed E-state index contributed by atoms with van der Waals surface area (Å²) >= 11 is 0. The van der Waals surface area contributed by atoms with Crippen molar-refractivity contribution in [1.29, 1.82) is 0 Å². The van der Waals surface area contributed by atoms with Crippen LogP contribution in [0.15, 0.2) is 12.3 Å². The molecule has 2 heterocycles. The van der Waals surface area contributed by atoms with Gasteiger partial charge >= 0.3 is 5.97 Å². The van der Waals surface area contributed by atoms with Crippen molar-refractivity contribution in [2.24, 2.45) is 5.92 Å². The van der Waals surface area contributed by atoms with Crippen LogP contribution in [0.3, 0.4) is 0 Å². The van der Waals surface area contributed by atoms with Crippen LogP contribution in [0.4, 0.5) is 11.5 Å². The van der Waals surface area contributed by atoms with E-state index >= 15 is 0 Å². The van der Waals surface area contributed by atoms with Crippen molar-refractivity contribution in [3.05, 3.63) is 17.8 Å². The van der Waals surface area contributed by atoms with E-state index in [1.54, 1.807) is 6.20 Å². The van der Waals surface area contributed by atoms with Gasteiger partial charge < -0.3 is 15.7 Å². The Labute approximate surface area is 100 Å². The number of carbonyl (C=O) groups is 1. The molecule has 0 saturated carbocycles. The number of aryl methyl sites for hydroxylation is 1. The second-order valence-corrected chi connectivity index (χ2v) is 4.50. The summed E-state index contributed by atoms with van der Waals surface area (Å²) in [5, 5.41) is 8.92. The number of anilines is 2. The van der Waals surface area contributed by atoms with Crippen molar-refractivity contribution >= 4 is 17.5 Å². The van der Waals surface area contributed by atoms with Crippen LogP contribution in [0.1, 0.15) is 18.4 Å². The van der Waals surface area contributed by atoms with Gasteiger partial charge in [0.1, 0.15) is 5.82 Å². The number of aliphatic carboxylic acids is 1. The quantitative estimate of drug-likeness (QED) is 0.807. The number of carboxylic acid groups (broad SMARTS) is 1. The highest BCUT2D eigenvalue weighted by atomic mass is 16.4. The van der Waals surface area contributed by atoms with Crippen LogP contribution in [0.5, 0.6) is 0 Å². The van der Waals surface area contributed by atoms with Gasteiger partial charge in [-0.1, -0.05) is 0 Å². The first-order valence-electron chi connectivity index (χ1n) is 5.78. The van der Waals surface area contributed by atoms with E-state index in [-0.39, 0.29) is 5.92 Å². The molecule has 0 aromatic carbocycles. The van der Waals surface area contributed by atoms with Gasteiger partial charge in [-0.2, -0.15) is 0 Å². The van der Waals surface area contributed by atoms with Crippen LogP contribution in [-0.4, -0.2) is 29.1 Å². The molecule has 1 aromatic heterocycles. The third kappa shape index (κ3) is 2.49. The minimum absolute atomic E-state index is 0.207. The van der Waals surface area contributed by atoms with E-state index in [4.69, 9.17) is 10.8 Å². The number of aromatic nitrogens is 1. The summed E-state index contributed by atoms with van der Waals surface area (Å²) in [7, 11) is 0. The third-order valence-electron chi connectivity index (χ3n) is 3.31. The van der Waals surface area contributed by atoms with Gasteiger partial charge in [-0.25, -0.2) is 4.98 Å². The molecule has 0 bridgehead atoms. The number of nitrogens with zero attached hydrogens (tertiary/aromatic N) is 2. The molecule has 0 aliphatic carbocycles. The number of piperidine rings is 1. The standard InChI is InChI=1S/C12H17N3O2/c1-8-6-11(14-7-10(8)13)15-4-2-9(3-5-15)12(16)17/h6-7,9H,2-5,13H2,1H3,(H,16,17). The molecule has 92 valence electrons. The Morgan fingerprint density at radius 3 is 2.71 bits per heavy atom. The highest BCUT2D eigenvalue weighted by Gasteiger charge is 2.25. The van der Waals surface area contributed by atoms with Gasteiger partial charge in [-0.3, -0.25) is 4.79 Å². The van der Waals surface area contributed by atoms with Gasteiger partial charge in [0.05, 0.1) is 17.8 Å². The van der Waals surface area contributed by atoms with Crippen molar-refractivity contribution in [3.8, 4) is 0 Å². The van der Waals surface area contributed by atoms with Gasteiger partial charge in [0, 0.05) is 13.1 Å². The average molecular weight is 235 g/mol. The molecule has 2 rings (SSSR count). The number of hydrogen-bond acceptors (Lipinski definition) is 4. The summed E-state index contributed by atoms with van der Waals surface area (Å²) in [6, 6.07) is 1.95. The fourth-order valence-electron chi connectivity index (χ4n) is 2.08. The molecule has 1 fully saturated rings. The van der Waals surface area contributed by atoms with Gasteiger partial charge in [0.25, 0.3) is 0 Å². The lowest BCUT2D eigenvalue weighted by molar-refractivity contribution is -0.142. The predicted molar refractivity (Wildman–Crippen MR) is 66.0 cm³/mol. The first-order valence-corrected chi connectivity index (χ1v) is 5.78. The molecule has 1 aromatic rings. The van der Waals surface area contributed by atoms with Crippen LogP contribution in [0.2, 0.25) is 0 Å². The molecule has 5 heteroatoms. The summed E-state index contributed by atoms with van der Waals surface area (Å²) < 4.78 is 0. The molecule has 3 N–H and O–H groups in total. The highest BCUT2D eigenvalue weighted by molar-refractivity contribution is 5.70. The highest BCUT2D eigenvalue weighted by Crippen LogP contribution is 2.23. The Bertz CT molecular complexity index is 426. The fraction of sp³-hybridized carbons (Fsp3) is 0.500. The Kier molecular flexibility index (Phi) is 3.17. The maximum absolute atomic E-state index is 10.8. The zero-order valence-corrected chi connectivity index (χ0v) is 9.89. The zero-order valence-electron chi connectivity index (χ0n) is 9.89. The van der Waals surface area contributed by atoms with Crippen molar-refractivity contribution in [1.82, 2.24) is 4.98 Å². The molecular weight excluding hydrogens is 218 g/mol. The van der Waals surface area contributed by atoms with E-state index in [1.807, 2.05) is 13.0 Å².